The van der Waals surface area contributed by atoms with Crippen LogP contribution >= 0.6 is 0 Å². The van der Waals surface area contributed by atoms with Crippen LogP contribution in [0, 0.1) is 0 Å². The Morgan fingerprint density at radius 2 is 2.23 bits per heavy atom. The highest BCUT2D eigenvalue weighted by molar-refractivity contribution is 6.00. The minimum atomic E-state index is -0.000139. The molecule has 0 amide bonds. The van der Waals surface area contributed by atoms with Crippen LogP contribution in [0.15, 0.2) is 18.2 Å². The fourth-order valence-electron chi connectivity index (χ4n) is 3.99. The molecule has 0 spiro atoms. The van der Waals surface area contributed by atoms with E-state index in [4.69, 9.17) is 0 Å². The summed E-state index contributed by atoms with van der Waals surface area (Å²) in [5, 5.41) is 3.42. The van der Waals surface area contributed by atoms with Gasteiger partial charge in [-0.05, 0) is 69.3 Å². The van der Waals surface area contributed by atoms with Crippen LogP contribution in [-0.4, -0.2) is 35.9 Å². The summed E-state index contributed by atoms with van der Waals surface area (Å²) in [4.78, 5) is 15.4. The Bertz CT molecular complexity index is 540. The molecule has 3 nitrogen and oxygen atoms in total. The van der Waals surface area contributed by atoms with Gasteiger partial charge in [0.25, 0.3) is 0 Å². The first-order valence-corrected chi connectivity index (χ1v) is 8.87. The van der Waals surface area contributed by atoms with Crippen molar-refractivity contribution in [3.8, 4) is 0 Å². The number of piperidine rings is 1. The fourth-order valence-corrected chi connectivity index (χ4v) is 3.99. The van der Waals surface area contributed by atoms with Crippen LogP contribution in [0.1, 0.15) is 61.9 Å². The first kappa shape index (κ1) is 15.5. The van der Waals surface area contributed by atoms with Gasteiger partial charge in [-0.2, -0.15) is 0 Å². The van der Waals surface area contributed by atoms with Gasteiger partial charge in [-0.1, -0.05) is 13.3 Å². The summed E-state index contributed by atoms with van der Waals surface area (Å²) < 4.78 is 0. The van der Waals surface area contributed by atoms with E-state index in [0.29, 0.717) is 6.04 Å². The number of ketones is 1. The molecule has 1 saturated heterocycles. The van der Waals surface area contributed by atoms with Crippen molar-refractivity contribution < 1.29 is 4.79 Å². The maximum Gasteiger partial charge on any atom is 0.179 e. The molecule has 2 aliphatic heterocycles. The minimum Gasteiger partial charge on any atom is -0.385 e. The summed E-state index contributed by atoms with van der Waals surface area (Å²) >= 11 is 0. The monoisotopic (exact) mass is 300 g/mol. The Morgan fingerprint density at radius 1 is 1.36 bits per heavy atom. The number of fused-ring (bicyclic) bond motifs is 1. The van der Waals surface area contributed by atoms with Gasteiger partial charge < -0.3 is 5.32 Å². The van der Waals surface area contributed by atoms with E-state index in [1.54, 1.807) is 0 Å². The molecule has 2 aliphatic rings. The third-order valence-corrected chi connectivity index (χ3v) is 5.35. The predicted molar refractivity (Wildman–Crippen MR) is 91.7 cm³/mol. The first-order valence-electron chi connectivity index (χ1n) is 8.87. The van der Waals surface area contributed by atoms with E-state index < -0.39 is 0 Å². The maximum atomic E-state index is 12.9. The zero-order chi connectivity index (χ0) is 15.5. The second kappa shape index (κ2) is 6.82. The summed E-state index contributed by atoms with van der Waals surface area (Å²) in [7, 11) is 0. The van der Waals surface area contributed by atoms with Crippen LogP contribution in [0.4, 0.5) is 5.69 Å². The zero-order valence-electron chi connectivity index (χ0n) is 13.9. The molecule has 1 aromatic rings. The number of likely N-dealkylation sites (tertiary alicyclic amines) is 1. The van der Waals surface area contributed by atoms with Gasteiger partial charge in [0.1, 0.15) is 0 Å². The summed E-state index contributed by atoms with van der Waals surface area (Å²) in [6, 6.07) is 6.78. The van der Waals surface area contributed by atoms with E-state index in [1.807, 2.05) is 6.07 Å². The van der Waals surface area contributed by atoms with E-state index in [2.05, 4.69) is 36.2 Å². The fraction of sp³-hybridized carbons (Fsp3) is 0.632. The molecule has 1 N–H and O–H groups in total. The predicted octanol–water partition coefficient (Wildman–Crippen LogP) is 3.88. The Hall–Kier alpha value is -1.35. The summed E-state index contributed by atoms with van der Waals surface area (Å²) in [5.74, 6) is 0.286. The molecule has 1 fully saturated rings. The van der Waals surface area contributed by atoms with Crippen molar-refractivity contribution in [3.63, 3.8) is 0 Å². The van der Waals surface area contributed by atoms with E-state index in [-0.39, 0.29) is 11.8 Å². The number of rotatable bonds is 4. The van der Waals surface area contributed by atoms with Gasteiger partial charge in [0.05, 0.1) is 6.04 Å². The molecular weight excluding hydrogens is 272 g/mol. The highest BCUT2D eigenvalue weighted by Gasteiger charge is 2.30. The Labute approximate surface area is 134 Å². The Morgan fingerprint density at radius 3 is 3.05 bits per heavy atom. The molecule has 120 valence electrons. The van der Waals surface area contributed by atoms with Gasteiger partial charge in [0.15, 0.2) is 5.78 Å². The lowest BCUT2D eigenvalue weighted by molar-refractivity contribution is 0.0661. The number of aryl methyl sites for hydroxylation is 1. The van der Waals surface area contributed by atoms with Crippen molar-refractivity contribution in [2.75, 3.05) is 18.4 Å². The SMILES string of the molecule is CCC1CCCCN1C(C)C(=O)c1ccc2c(c1)CCCN2. The van der Waals surface area contributed by atoms with Crippen LogP contribution in [-0.2, 0) is 6.42 Å². The lowest BCUT2D eigenvalue weighted by Gasteiger charge is -2.39. The quantitative estimate of drug-likeness (QED) is 0.856. The lowest BCUT2D eigenvalue weighted by Crippen LogP contribution is -2.48. The van der Waals surface area contributed by atoms with Crippen molar-refractivity contribution in [2.24, 2.45) is 0 Å². The number of nitrogens with zero attached hydrogens (tertiary/aromatic N) is 1. The maximum absolute atomic E-state index is 12.9. The number of anilines is 1. The standard InChI is InChI=1S/C19H28N2O/c1-3-17-8-4-5-12-21(17)14(2)19(22)16-9-10-18-15(13-16)7-6-11-20-18/h9-10,13-14,17,20H,3-8,11-12H2,1-2H3. The number of hydrogen-bond donors (Lipinski definition) is 1. The number of carbonyl (C=O) groups is 1. The van der Waals surface area contributed by atoms with E-state index in [9.17, 15) is 4.79 Å². The summed E-state index contributed by atoms with van der Waals surface area (Å²) in [5.41, 5.74) is 3.39. The zero-order valence-corrected chi connectivity index (χ0v) is 13.9. The third-order valence-electron chi connectivity index (χ3n) is 5.35. The summed E-state index contributed by atoms with van der Waals surface area (Å²) in [6.45, 7) is 6.44. The molecule has 3 heteroatoms. The molecule has 1 aromatic carbocycles. The van der Waals surface area contributed by atoms with Crippen LogP contribution in [0.2, 0.25) is 0 Å². The van der Waals surface area contributed by atoms with Gasteiger partial charge in [0.2, 0.25) is 0 Å². The van der Waals surface area contributed by atoms with Crippen molar-refractivity contribution in [1.29, 1.82) is 0 Å². The van der Waals surface area contributed by atoms with E-state index >= 15 is 0 Å². The van der Waals surface area contributed by atoms with Gasteiger partial charge in [0, 0.05) is 23.8 Å². The molecule has 0 aromatic heterocycles. The molecule has 2 atom stereocenters. The van der Waals surface area contributed by atoms with Gasteiger partial charge in [-0.25, -0.2) is 0 Å². The van der Waals surface area contributed by atoms with Crippen LogP contribution in [0.3, 0.4) is 0 Å². The van der Waals surface area contributed by atoms with Gasteiger partial charge in [-0.15, -0.1) is 0 Å². The summed E-state index contributed by atoms with van der Waals surface area (Å²) in [6.07, 6.45) is 7.15. The second-order valence-corrected chi connectivity index (χ2v) is 6.74. The largest absolute Gasteiger partial charge is 0.385 e. The average Bonchev–Trinajstić information content (AvgIpc) is 2.60. The molecule has 2 unspecified atom stereocenters. The van der Waals surface area contributed by atoms with Gasteiger partial charge in [-0.3, -0.25) is 9.69 Å². The highest BCUT2D eigenvalue weighted by Crippen LogP contribution is 2.26. The Balaban J connectivity index is 1.77. The topological polar surface area (TPSA) is 32.3 Å². The molecule has 0 saturated carbocycles. The molecule has 2 heterocycles. The van der Waals surface area contributed by atoms with Crippen LogP contribution in [0.25, 0.3) is 0 Å². The molecule has 0 radical (unpaired) electrons. The van der Waals surface area contributed by atoms with Crippen molar-refractivity contribution >= 4 is 11.5 Å². The van der Waals surface area contributed by atoms with Gasteiger partial charge >= 0.3 is 0 Å². The second-order valence-electron chi connectivity index (χ2n) is 6.74. The van der Waals surface area contributed by atoms with Crippen LogP contribution < -0.4 is 5.32 Å². The molecule has 0 aliphatic carbocycles. The number of Topliss-reactive ketones (excluding diaryl/α,β-unsaturated/α-hetero) is 1. The minimum absolute atomic E-state index is 0.000139. The van der Waals surface area contributed by atoms with Crippen molar-refractivity contribution in [2.45, 2.75) is 64.5 Å². The number of benzene rings is 1. The molecule has 0 bridgehead atoms. The smallest absolute Gasteiger partial charge is 0.179 e. The number of nitrogens with one attached hydrogen (secondary N) is 1. The van der Waals surface area contributed by atoms with Crippen molar-refractivity contribution in [1.82, 2.24) is 4.90 Å². The average molecular weight is 300 g/mol. The number of hydrogen-bond acceptors (Lipinski definition) is 3. The van der Waals surface area contributed by atoms with Crippen molar-refractivity contribution in [3.05, 3.63) is 29.3 Å². The highest BCUT2D eigenvalue weighted by atomic mass is 16.1. The van der Waals surface area contributed by atoms with E-state index in [1.165, 1.54) is 30.5 Å². The Kier molecular flexibility index (Phi) is 4.82. The van der Waals surface area contributed by atoms with Crippen LogP contribution in [0.5, 0.6) is 0 Å². The first-order chi connectivity index (χ1) is 10.7. The lowest BCUT2D eigenvalue weighted by atomic mass is 9.93. The molecule has 22 heavy (non-hydrogen) atoms. The number of carbonyl (C=O) groups excluding carboxylic acids is 1. The van der Waals surface area contributed by atoms with E-state index in [0.717, 1.165) is 37.9 Å². The normalized spacial score (nSPS) is 23.5. The molecular formula is C19H28N2O. The molecule has 3 rings (SSSR count). The third kappa shape index (κ3) is 3.05.